The molecule has 0 amide bonds. The lowest BCUT2D eigenvalue weighted by atomic mass is 9.87. The molecule has 3 heterocycles. The standard InChI is InChI=1S/C25H28FN5O/c1-16-14-31(17(2)11-22(16)29(3)15-18-5-7-19(26)8-6-18)23-12-24(32)30(4)21-10-9-20(13-27)28-25(21)23/h5-10,12,16-17,22H,11,14-15H2,1-4H3/t16-,17+,22?/m1/s1. The fraction of sp³-hybridized carbons (Fsp3) is 0.400. The van der Waals surface area contributed by atoms with E-state index in [1.165, 1.54) is 12.1 Å². The number of nitrogens with zero attached hydrogens (tertiary/aromatic N) is 5. The Bertz CT molecular complexity index is 1230. The molecule has 1 aliphatic rings. The Morgan fingerprint density at radius 1 is 1.22 bits per heavy atom. The van der Waals surface area contributed by atoms with Gasteiger partial charge in [0.15, 0.2) is 0 Å². The molecule has 4 rings (SSSR count). The van der Waals surface area contributed by atoms with Gasteiger partial charge in [0, 0.05) is 38.3 Å². The molecule has 1 aliphatic heterocycles. The van der Waals surface area contributed by atoms with Gasteiger partial charge in [-0.3, -0.25) is 9.69 Å². The molecule has 0 N–H and O–H groups in total. The molecule has 0 bridgehead atoms. The average molecular weight is 434 g/mol. The first-order valence-corrected chi connectivity index (χ1v) is 10.9. The summed E-state index contributed by atoms with van der Waals surface area (Å²) in [6.07, 6.45) is 0.924. The second-order valence-corrected chi connectivity index (χ2v) is 8.93. The number of hydrogen-bond donors (Lipinski definition) is 0. The van der Waals surface area contributed by atoms with Gasteiger partial charge in [0.05, 0.1) is 11.2 Å². The minimum Gasteiger partial charge on any atom is -0.366 e. The molecule has 6 nitrogen and oxygen atoms in total. The van der Waals surface area contributed by atoms with E-state index in [1.807, 2.05) is 12.1 Å². The van der Waals surface area contributed by atoms with Gasteiger partial charge in [-0.15, -0.1) is 0 Å². The van der Waals surface area contributed by atoms with Crippen LogP contribution < -0.4 is 10.5 Å². The summed E-state index contributed by atoms with van der Waals surface area (Å²) in [5.41, 5.74) is 3.54. The Morgan fingerprint density at radius 2 is 1.94 bits per heavy atom. The highest BCUT2D eigenvalue weighted by molar-refractivity contribution is 5.88. The third-order valence-electron chi connectivity index (χ3n) is 6.66. The molecule has 0 spiro atoms. The molecular formula is C25H28FN5O. The molecule has 7 heteroatoms. The molecule has 0 aliphatic carbocycles. The van der Waals surface area contributed by atoms with Crippen molar-refractivity contribution in [2.45, 2.75) is 38.9 Å². The van der Waals surface area contributed by atoms with E-state index >= 15 is 0 Å². The molecule has 0 radical (unpaired) electrons. The molecule has 1 saturated heterocycles. The van der Waals surface area contributed by atoms with Crippen molar-refractivity contribution in [3.05, 3.63) is 69.9 Å². The van der Waals surface area contributed by atoms with Gasteiger partial charge in [-0.05, 0) is 56.1 Å². The second-order valence-electron chi connectivity index (χ2n) is 8.93. The van der Waals surface area contributed by atoms with Gasteiger partial charge in [0.25, 0.3) is 5.56 Å². The third-order valence-corrected chi connectivity index (χ3v) is 6.66. The number of rotatable bonds is 4. The average Bonchev–Trinajstić information content (AvgIpc) is 2.78. The van der Waals surface area contributed by atoms with E-state index < -0.39 is 0 Å². The topological polar surface area (TPSA) is 65.2 Å². The van der Waals surface area contributed by atoms with Crippen molar-refractivity contribution in [2.75, 3.05) is 18.5 Å². The zero-order valence-electron chi connectivity index (χ0n) is 18.9. The number of piperidine rings is 1. The van der Waals surface area contributed by atoms with Crippen molar-refractivity contribution >= 4 is 16.7 Å². The van der Waals surface area contributed by atoms with Crippen molar-refractivity contribution in [3.8, 4) is 6.07 Å². The number of pyridine rings is 2. The van der Waals surface area contributed by atoms with Crippen LogP contribution in [0.15, 0.2) is 47.3 Å². The summed E-state index contributed by atoms with van der Waals surface area (Å²) in [4.78, 5) is 21.8. The van der Waals surface area contributed by atoms with Crippen LogP contribution in [0.25, 0.3) is 11.0 Å². The van der Waals surface area contributed by atoms with E-state index in [0.717, 1.165) is 36.3 Å². The quantitative estimate of drug-likeness (QED) is 0.628. The van der Waals surface area contributed by atoms with Crippen LogP contribution in [-0.4, -0.2) is 40.1 Å². The molecule has 32 heavy (non-hydrogen) atoms. The summed E-state index contributed by atoms with van der Waals surface area (Å²) in [5, 5.41) is 9.33. The lowest BCUT2D eigenvalue weighted by molar-refractivity contribution is 0.138. The Balaban J connectivity index is 1.62. The highest BCUT2D eigenvalue weighted by Crippen LogP contribution is 2.33. The van der Waals surface area contributed by atoms with Gasteiger partial charge in [0.2, 0.25) is 0 Å². The third kappa shape index (κ3) is 4.11. The van der Waals surface area contributed by atoms with Crippen molar-refractivity contribution in [1.29, 1.82) is 5.26 Å². The first kappa shape index (κ1) is 22.0. The number of nitriles is 1. The fourth-order valence-electron chi connectivity index (χ4n) is 4.86. The maximum absolute atomic E-state index is 13.2. The summed E-state index contributed by atoms with van der Waals surface area (Å²) in [6.45, 7) is 5.92. The van der Waals surface area contributed by atoms with E-state index in [2.05, 4.69) is 41.7 Å². The van der Waals surface area contributed by atoms with E-state index in [0.29, 0.717) is 23.2 Å². The number of fused-ring (bicyclic) bond motifs is 1. The van der Waals surface area contributed by atoms with Gasteiger partial charge in [-0.1, -0.05) is 19.1 Å². The largest absolute Gasteiger partial charge is 0.366 e. The predicted molar refractivity (Wildman–Crippen MR) is 124 cm³/mol. The molecule has 3 atom stereocenters. The van der Waals surface area contributed by atoms with Crippen LogP contribution in [0, 0.1) is 23.1 Å². The van der Waals surface area contributed by atoms with Gasteiger partial charge in [-0.25, -0.2) is 9.37 Å². The SMILES string of the molecule is C[C@@H]1CN(c2cc(=O)n(C)c3ccc(C#N)nc23)[C@@H](C)CC1N(C)Cc1ccc(F)cc1. The molecule has 1 unspecified atom stereocenters. The molecule has 3 aromatic rings. The summed E-state index contributed by atoms with van der Waals surface area (Å²) in [7, 11) is 3.84. The highest BCUT2D eigenvalue weighted by atomic mass is 19.1. The van der Waals surface area contributed by atoms with Crippen LogP contribution in [0.5, 0.6) is 0 Å². The van der Waals surface area contributed by atoms with E-state index in [4.69, 9.17) is 0 Å². The number of hydrogen-bond acceptors (Lipinski definition) is 5. The number of aryl methyl sites for hydroxylation is 1. The molecule has 1 fully saturated rings. The summed E-state index contributed by atoms with van der Waals surface area (Å²) in [5.74, 6) is 0.121. The Morgan fingerprint density at radius 3 is 2.62 bits per heavy atom. The van der Waals surface area contributed by atoms with Crippen LogP contribution in [0.1, 0.15) is 31.5 Å². The molecule has 1 aromatic carbocycles. The predicted octanol–water partition coefficient (Wildman–Crippen LogP) is 3.68. The van der Waals surface area contributed by atoms with Crippen molar-refractivity contribution in [3.63, 3.8) is 0 Å². The van der Waals surface area contributed by atoms with Gasteiger partial charge in [-0.2, -0.15) is 5.26 Å². The lowest BCUT2D eigenvalue weighted by Crippen LogP contribution is -2.53. The lowest BCUT2D eigenvalue weighted by Gasteiger charge is -2.46. The minimum atomic E-state index is -0.221. The zero-order valence-corrected chi connectivity index (χ0v) is 18.9. The minimum absolute atomic E-state index is 0.0885. The normalized spacial score (nSPS) is 21.2. The maximum Gasteiger partial charge on any atom is 0.252 e. The van der Waals surface area contributed by atoms with Crippen LogP contribution in [-0.2, 0) is 13.6 Å². The fourth-order valence-corrected chi connectivity index (χ4v) is 4.86. The van der Waals surface area contributed by atoms with Crippen LogP contribution in [0.4, 0.5) is 10.1 Å². The van der Waals surface area contributed by atoms with Gasteiger partial charge in [0.1, 0.15) is 23.1 Å². The summed E-state index contributed by atoms with van der Waals surface area (Å²) < 4.78 is 14.8. The summed E-state index contributed by atoms with van der Waals surface area (Å²) >= 11 is 0. The van der Waals surface area contributed by atoms with Crippen LogP contribution in [0.3, 0.4) is 0 Å². The Hall–Kier alpha value is -3.24. The summed E-state index contributed by atoms with van der Waals surface area (Å²) in [6, 6.07) is 14.4. The van der Waals surface area contributed by atoms with E-state index in [9.17, 15) is 14.4 Å². The van der Waals surface area contributed by atoms with E-state index in [-0.39, 0.29) is 17.4 Å². The van der Waals surface area contributed by atoms with E-state index in [1.54, 1.807) is 29.8 Å². The molecule has 2 aromatic heterocycles. The van der Waals surface area contributed by atoms with Crippen LogP contribution in [0.2, 0.25) is 0 Å². The first-order valence-electron chi connectivity index (χ1n) is 10.9. The van der Waals surface area contributed by atoms with Crippen molar-refractivity contribution in [2.24, 2.45) is 13.0 Å². The van der Waals surface area contributed by atoms with Gasteiger partial charge >= 0.3 is 0 Å². The molecular weight excluding hydrogens is 405 g/mol. The molecule has 166 valence electrons. The first-order chi connectivity index (χ1) is 15.3. The van der Waals surface area contributed by atoms with Gasteiger partial charge < -0.3 is 9.47 Å². The maximum atomic E-state index is 13.2. The zero-order chi connectivity index (χ0) is 23.0. The van der Waals surface area contributed by atoms with Crippen LogP contribution >= 0.6 is 0 Å². The number of anilines is 1. The second kappa shape index (κ2) is 8.71. The monoisotopic (exact) mass is 433 g/mol. The van der Waals surface area contributed by atoms with Crippen molar-refractivity contribution in [1.82, 2.24) is 14.5 Å². The Labute approximate surface area is 187 Å². The highest BCUT2D eigenvalue weighted by Gasteiger charge is 2.34. The number of halogens is 1. The number of benzene rings is 1. The van der Waals surface area contributed by atoms with Crippen molar-refractivity contribution < 1.29 is 4.39 Å². The number of aromatic nitrogens is 2. The smallest absolute Gasteiger partial charge is 0.252 e. The molecule has 0 saturated carbocycles. The Kier molecular flexibility index (Phi) is 5.98.